The molecule has 0 saturated carbocycles. The molecule has 2 N–H and O–H groups in total. The number of hydroxylamine groups is 1. The van der Waals surface area contributed by atoms with Crippen molar-refractivity contribution in [2.24, 2.45) is 0 Å². The summed E-state index contributed by atoms with van der Waals surface area (Å²) in [4.78, 5) is 24.2. The minimum atomic E-state index is -0.710. The van der Waals surface area contributed by atoms with Gasteiger partial charge in [-0.05, 0) is 73.9 Å². The second kappa shape index (κ2) is 10.2. The Bertz CT molecular complexity index is 1390. The SMILES string of the molecule is CC(C)(C)OC(=O)n1c(COc2ccc(-c3ccc(CC(=O)NO)cc3)cc2)cc2ccc(F)cc21. The zero-order valence-electron chi connectivity index (χ0n) is 20.2. The van der Waals surface area contributed by atoms with Gasteiger partial charge < -0.3 is 9.47 Å². The third-order valence-corrected chi connectivity index (χ3v) is 5.44. The van der Waals surface area contributed by atoms with Crippen LogP contribution in [0.4, 0.5) is 9.18 Å². The Morgan fingerprint density at radius 2 is 1.58 bits per heavy atom. The van der Waals surface area contributed by atoms with Gasteiger partial charge in [-0.15, -0.1) is 0 Å². The molecule has 0 saturated heterocycles. The van der Waals surface area contributed by atoms with Gasteiger partial charge in [0.2, 0.25) is 5.91 Å². The zero-order valence-corrected chi connectivity index (χ0v) is 20.2. The molecule has 186 valence electrons. The highest BCUT2D eigenvalue weighted by Crippen LogP contribution is 2.26. The number of carbonyl (C=O) groups is 2. The summed E-state index contributed by atoms with van der Waals surface area (Å²) in [6.07, 6.45) is -0.507. The normalized spacial score (nSPS) is 11.4. The predicted octanol–water partition coefficient (Wildman–Crippen LogP) is 5.86. The molecule has 0 atom stereocenters. The molecule has 3 aromatic carbocycles. The van der Waals surface area contributed by atoms with Crippen molar-refractivity contribution < 1.29 is 28.7 Å². The summed E-state index contributed by atoms with van der Waals surface area (Å²) in [7, 11) is 0. The van der Waals surface area contributed by atoms with Gasteiger partial charge in [0.05, 0.1) is 17.6 Å². The van der Waals surface area contributed by atoms with Crippen molar-refractivity contribution in [3.05, 3.63) is 89.9 Å². The van der Waals surface area contributed by atoms with Crippen molar-refractivity contribution in [1.29, 1.82) is 0 Å². The molecule has 0 unspecified atom stereocenters. The molecule has 0 radical (unpaired) electrons. The van der Waals surface area contributed by atoms with Gasteiger partial charge in [-0.25, -0.2) is 19.2 Å². The molecule has 1 aromatic heterocycles. The maximum absolute atomic E-state index is 13.9. The average Bonchev–Trinajstić information content (AvgIpc) is 3.20. The standard InChI is InChI=1S/C28H27FN2O5/c1-28(2,3)36-27(33)31-23(15-21-8-11-22(29)16-25(21)31)17-35-24-12-9-20(10-13-24)19-6-4-18(5-7-19)14-26(32)30-34/h4-13,15-16,34H,14,17H2,1-3H3,(H,30,32). The molecular formula is C28H27FN2O5. The van der Waals surface area contributed by atoms with Crippen LogP contribution in [-0.4, -0.2) is 27.4 Å². The molecule has 0 aliphatic heterocycles. The summed E-state index contributed by atoms with van der Waals surface area (Å²) in [6.45, 7) is 5.40. The van der Waals surface area contributed by atoms with Gasteiger partial charge in [-0.2, -0.15) is 0 Å². The number of benzene rings is 3. The van der Waals surface area contributed by atoms with Crippen LogP contribution < -0.4 is 10.2 Å². The number of halogens is 1. The van der Waals surface area contributed by atoms with Gasteiger partial charge in [-0.3, -0.25) is 10.0 Å². The number of nitrogens with one attached hydrogen (secondary N) is 1. The van der Waals surface area contributed by atoms with E-state index in [1.165, 1.54) is 16.7 Å². The van der Waals surface area contributed by atoms with E-state index >= 15 is 0 Å². The van der Waals surface area contributed by atoms with Crippen LogP contribution in [0.2, 0.25) is 0 Å². The highest BCUT2D eigenvalue weighted by atomic mass is 19.1. The van der Waals surface area contributed by atoms with E-state index in [0.717, 1.165) is 16.7 Å². The second-order valence-electron chi connectivity index (χ2n) is 9.38. The molecule has 0 bridgehead atoms. The van der Waals surface area contributed by atoms with Crippen molar-refractivity contribution >= 4 is 22.9 Å². The van der Waals surface area contributed by atoms with Gasteiger partial charge in [-0.1, -0.05) is 36.4 Å². The van der Waals surface area contributed by atoms with Gasteiger partial charge in [0, 0.05) is 5.39 Å². The van der Waals surface area contributed by atoms with Crippen LogP contribution in [0, 0.1) is 5.82 Å². The second-order valence-corrected chi connectivity index (χ2v) is 9.38. The molecule has 1 heterocycles. The first-order chi connectivity index (χ1) is 17.1. The highest BCUT2D eigenvalue weighted by Gasteiger charge is 2.22. The van der Waals surface area contributed by atoms with Crippen LogP contribution in [0.25, 0.3) is 22.0 Å². The Kier molecular flexibility index (Phi) is 7.07. The van der Waals surface area contributed by atoms with Crippen LogP contribution in [0.5, 0.6) is 5.75 Å². The van der Waals surface area contributed by atoms with Crippen LogP contribution in [0.1, 0.15) is 32.0 Å². The quantitative estimate of drug-likeness (QED) is 0.261. The molecule has 4 rings (SSSR count). The molecule has 0 spiro atoms. The number of ether oxygens (including phenoxy) is 2. The maximum atomic E-state index is 13.9. The molecular weight excluding hydrogens is 463 g/mol. The third-order valence-electron chi connectivity index (χ3n) is 5.44. The minimum Gasteiger partial charge on any atom is -0.487 e. The molecule has 0 fully saturated rings. The first kappa shape index (κ1) is 24.9. The maximum Gasteiger partial charge on any atom is 0.419 e. The van der Waals surface area contributed by atoms with Gasteiger partial charge in [0.1, 0.15) is 23.8 Å². The topological polar surface area (TPSA) is 89.8 Å². The largest absolute Gasteiger partial charge is 0.487 e. The molecule has 1 amide bonds. The number of carbonyl (C=O) groups excluding carboxylic acids is 2. The lowest BCUT2D eigenvalue weighted by molar-refractivity contribution is -0.128. The molecule has 8 heteroatoms. The van der Waals surface area contributed by atoms with Crippen LogP contribution >= 0.6 is 0 Å². The lowest BCUT2D eigenvalue weighted by Crippen LogP contribution is -2.28. The number of hydrogen-bond donors (Lipinski definition) is 2. The summed E-state index contributed by atoms with van der Waals surface area (Å²) < 4.78 is 26.8. The molecule has 7 nitrogen and oxygen atoms in total. The van der Waals surface area contributed by atoms with Crippen molar-refractivity contribution in [2.45, 2.75) is 39.4 Å². The van der Waals surface area contributed by atoms with E-state index in [4.69, 9.17) is 14.7 Å². The fourth-order valence-electron chi connectivity index (χ4n) is 3.80. The minimum absolute atomic E-state index is 0.0799. The molecule has 0 aliphatic carbocycles. The van der Waals surface area contributed by atoms with Gasteiger partial charge in [0.15, 0.2) is 0 Å². The summed E-state index contributed by atoms with van der Waals surface area (Å²) in [5, 5.41) is 9.36. The number of rotatable bonds is 6. The zero-order chi connectivity index (χ0) is 25.9. The van der Waals surface area contributed by atoms with Crippen molar-refractivity contribution in [3.8, 4) is 16.9 Å². The van der Waals surface area contributed by atoms with E-state index in [-0.39, 0.29) is 13.0 Å². The number of fused-ring (bicyclic) bond motifs is 1. The monoisotopic (exact) mass is 490 g/mol. The first-order valence-corrected chi connectivity index (χ1v) is 11.4. The number of amides is 1. The van der Waals surface area contributed by atoms with Gasteiger partial charge in [0.25, 0.3) is 0 Å². The molecule has 0 aliphatic rings. The predicted molar refractivity (Wildman–Crippen MR) is 133 cm³/mol. The number of nitrogens with zero attached hydrogens (tertiary/aromatic N) is 1. The highest BCUT2D eigenvalue weighted by molar-refractivity contribution is 5.91. The van der Waals surface area contributed by atoms with Crippen molar-refractivity contribution in [1.82, 2.24) is 10.0 Å². The van der Waals surface area contributed by atoms with Crippen molar-refractivity contribution in [2.75, 3.05) is 0 Å². The van der Waals surface area contributed by atoms with E-state index in [1.54, 1.807) is 38.4 Å². The van der Waals surface area contributed by atoms with Gasteiger partial charge >= 0.3 is 6.09 Å². The van der Waals surface area contributed by atoms with Crippen LogP contribution in [0.3, 0.4) is 0 Å². The number of aromatic nitrogens is 1. The summed E-state index contributed by atoms with van der Waals surface area (Å²) in [5.41, 5.74) is 4.57. The summed E-state index contributed by atoms with van der Waals surface area (Å²) in [6, 6.07) is 21.0. The first-order valence-electron chi connectivity index (χ1n) is 11.4. The van der Waals surface area contributed by atoms with E-state index < -0.39 is 23.4 Å². The Hall–Kier alpha value is -4.17. The van der Waals surface area contributed by atoms with Crippen LogP contribution in [0.15, 0.2) is 72.8 Å². The Balaban J connectivity index is 1.51. The Labute approximate surface area is 208 Å². The smallest absolute Gasteiger partial charge is 0.419 e. The fraction of sp³-hybridized carbons (Fsp3) is 0.214. The van der Waals surface area contributed by atoms with Crippen molar-refractivity contribution in [3.63, 3.8) is 0 Å². The lowest BCUT2D eigenvalue weighted by atomic mass is 10.0. The summed E-state index contributed by atoms with van der Waals surface area (Å²) >= 11 is 0. The lowest BCUT2D eigenvalue weighted by Gasteiger charge is -2.21. The van der Waals surface area contributed by atoms with E-state index in [1.807, 2.05) is 48.5 Å². The van der Waals surface area contributed by atoms with E-state index in [2.05, 4.69) is 0 Å². The fourth-order valence-corrected chi connectivity index (χ4v) is 3.80. The third kappa shape index (κ3) is 5.90. The van der Waals surface area contributed by atoms with E-state index in [0.29, 0.717) is 22.3 Å². The van der Waals surface area contributed by atoms with Crippen LogP contribution in [-0.2, 0) is 22.6 Å². The Morgan fingerprint density at radius 1 is 0.944 bits per heavy atom. The average molecular weight is 491 g/mol. The molecule has 36 heavy (non-hydrogen) atoms. The Morgan fingerprint density at radius 3 is 2.19 bits per heavy atom. The van der Waals surface area contributed by atoms with E-state index in [9.17, 15) is 14.0 Å². The summed E-state index contributed by atoms with van der Waals surface area (Å²) in [5.74, 6) is -0.319. The number of hydrogen-bond acceptors (Lipinski definition) is 5. The molecule has 4 aromatic rings.